The van der Waals surface area contributed by atoms with E-state index in [0.717, 1.165) is 48.7 Å². The van der Waals surface area contributed by atoms with Crippen molar-refractivity contribution < 1.29 is 14.3 Å². The van der Waals surface area contributed by atoms with Crippen molar-refractivity contribution in [2.75, 3.05) is 45.3 Å². The number of carbonyl (C=O) groups is 1. The number of amides is 1. The predicted molar refractivity (Wildman–Crippen MR) is 115 cm³/mol. The quantitative estimate of drug-likeness (QED) is 0.616. The van der Waals surface area contributed by atoms with Crippen LogP contribution in [0.1, 0.15) is 5.56 Å². The smallest absolute Gasteiger partial charge is 0.227 e. The third kappa shape index (κ3) is 3.43. The number of carbonyl (C=O) groups excluding carboxylic acids is 1. The molecule has 0 spiro atoms. The van der Waals surface area contributed by atoms with Crippen molar-refractivity contribution in [3.63, 3.8) is 0 Å². The molecular weight excluding hydrogens is 396 g/mol. The highest BCUT2D eigenvalue weighted by Gasteiger charge is 2.42. The van der Waals surface area contributed by atoms with Crippen LogP contribution >= 0.6 is 0 Å². The minimum atomic E-state index is 0.155. The molecule has 0 saturated carbocycles. The Balaban J connectivity index is 1.24. The van der Waals surface area contributed by atoms with Crippen LogP contribution < -0.4 is 14.4 Å². The summed E-state index contributed by atoms with van der Waals surface area (Å²) in [6.07, 6.45) is 3.74. The molecule has 2 aliphatic heterocycles. The summed E-state index contributed by atoms with van der Waals surface area (Å²) in [6, 6.07) is 5.64. The molecule has 0 N–H and O–H groups in total. The fourth-order valence-corrected chi connectivity index (χ4v) is 4.81. The molecule has 4 heterocycles. The van der Waals surface area contributed by atoms with Crippen molar-refractivity contribution in [1.82, 2.24) is 24.4 Å². The molecule has 1 amide bonds. The van der Waals surface area contributed by atoms with Crippen LogP contribution in [0.15, 0.2) is 30.9 Å². The lowest BCUT2D eigenvalue weighted by atomic mass is 10.0. The molecule has 9 heteroatoms. The van der Waals surface area contributed by atoms with E-state index in [1.165, 1.54) is 0 Å². The molecule has 9 nitrogen and oxygen atoms in total. The highest BCUT2D eigenvalue weighted by atomic mass is 16.5. The molecule has 2 unspecified atom stereocenters. The summed E-state index contributed by atoms with van der Waals surface area (Å²) in [4.78, 5) is 30.6. The van der Waals surface area contributed by atoms with Gasteiger partial charge >= 0.3 is 0 Å². The molecule has 3 aromatic rings. The Morgan fingerprint density at radius 1 is 1.03 bits per heavy atom. The number of methoxy groups -OCH3 is 2. The number of ether oxygens (including phenoxy) is 2. The second kappa shape index (κ2) is 7.72. The predicted octanol–water partition coefficient (Wildman–Crippen LogP) is 1.52. The third-order valence-electron chi connectivity index (χ3n) is 6.42. The van der Waals surface area contributed by atoms with E-state index < -0.39 is 0 Å². The van der Waals surface area contributed by atoms with Crippen LogP contribution in [0.5, 0.6) is 11.5 Å². The number of anilines is 1. The van der Waals surface area contributed by atoms with Crippen LogP contribution in [0.2, 0.25) is 0 Å². The largest absolute Gasteiger partial charge is 0.493 e. The molecule has 2 saturated heterocycles. The molecule has 1 aromatic carbocycles. The van der Waals surface area contributed by atoms with E-state index in [0.29, 0.717) is 29.8 Å². The number of fused-ring (bicyclic) bond motifs is 2. The summed E-state index contributed by atoms with van der Waals surface area (Å²) < 4.78 is 12.5. The van der Waals surface area contributed by atoms with E-state index in [-0.39, 0.29) is 5.91 Å². The molecule has 2 atom stereocenters. The van der Waals surface area contributed by atoms with Crippen molar-refractivity contribution in [2.24, 2.45) is 18.9 Å². The summed E-state index contributed by atoms with van der Waals surface area (Å²) in [7, 11) is 5.15. The van der Waals surface area contributed by atoms with E-state index in [2.05, 4.69) is 19.9 Å². The zero-order chi connectivity index (χ0) is 21.5. The Hall–Kier alpha value is -3.36. The number of hydrogen-bond donors (Lipinski definition) is 0. The summed E-state index contributed by atoms with van der Waals surface area (Å²) >= 11 is 0. The van der Waals surface area contributed by atoms with Crippen LogP contribution in [0.3, 0.4) is 0 Å². The van der Waals surface area contributed by atoms with Crippen molar-refractivity contribution >= 4 is 22.9 Å². The van der Waals surface area contributed by atoms with Gasteiger partial charge in [-0.15, -0.1) is 0 Å². The summed E-state index contributed by atoms with van der Waals surface area (Å²) in [5.74, 6) is 3.25. The first kappa shape index (κ1) is 19.6. The van der Waals surface area contributed by atoms with Crippen molar-refractivity contribution in [3.8, 4) is 11.5 Å². The molecule has 162 valence electrons. The Labute approximate surface area is 180 Å². The van der Waals surface area contributed by atoms with Crippen molar-refractivity contribution in [1.29, 1.82) is 0 Å². The highest BCUT2D eigenvalue weighted by Crippen LogP contribution is 2.35. The molecule has 5 rings (SSSR count). The molecule has 2 aromatic heterocycles. The molecule has 0 aliphatic carbocycles. The Bertz CT molecular complexity index is 1120. The van der Waals surface area contributed by atoms with Gasteiger partial charge in [-0.3, -0.25) is 4.79 Å². The summed E-state index contributed by atoms with van der Waals surface area (Å²) in [5, 5.41) is 0. The van der Waals surface area contributed by atoms with Gasteiger partial charge in [-0.25, -0.2) is 15.0 Å². The number of rotatable bonds is 5. The Kier molecular flexibility index (Phi) is 4.88. The molecule has 0 bridgehead atoms. The number of likely N-dealkylation sites (tertiary alicyclic amines) is 1. The maximum absolute atomic E-state index is 12.9. The highest BCUT2D eigenvalue weighted by molar-refractivity contribution is 5.83. The first-order valence-electron chi connectivity index (χ1n) is 10.4. The normalized spacial score (nSPS) is 20.4. The average molecular weight is 422 g/mol. The fraction of sp³-hybridized carbons (Fsp3) is 0.455. The van der Waals surface area contributed by atoms with Gasteiger partial charge in [0.15, 0.2) is 28.5 Å². The zero-order valence-corrected chi connectivity index (χ0v) is 18.0. The average Bonchev–Trinajstić information content (AvgIpc) is 3.47. The van der Waals surface area contributed by atoms with Gasteiger partial charge in [0, 0.05) is 45.1 Å². The van der Waals surface area contributed by atoms with E-state index in [1.807, 2.05) is 34.7 Å². The van der Waals surface area contributed by atoms with E-state index >= 15 is 0 Å². The van der Waals surface area contributed by atoms with E-state index in [1.54, 1.807) is 26.9 Å². The van der Waals surface area contributed by atoms with E-state index in [9.17, 15) is 4.79 Å². The number of aryl methyl sites for hydroxylation is 1. The van der Waals surface area contributed by atoms with Crippen LogP contribution in [0.25, 0.3) is 11.2 Å². The minimum Gasteiger partial charge on any atom is -0.493 e. The molecule has 31 heavy (non-hydrogen) atoms. The van der Waals surface area contributed by atoms with Crippen LogP contribution in [-0.4, -0.2) is 70.7 Å². The maximum atomic E-state index is 12.9. The summed E-state index contributed by atoms with van der Waals surface area (Å²) in [5.41, 5.74) is 2.61. The van der Waals surface area contributed by atoms with Crippen LogP contribution in [-0.2, 0) is 18.3 Å². The number of nitrogens with zero attached hydrogens (tertiary/aromatic N) is 6. The summed E-state index contributed by atoms with van der Waals surface area (Å²) in [6.45, 7) is 3.33. The zero-order valence-electron chi connectivity index (χ0n) is 18.0. The van der Waals surface area contributed by atoms with Crippen molar-refractivity contribution in [3.05, 3.63) is 36.4 Å². The van der Waals surface area contributed by atoms with E-state index in [4.69, 9.17) is 9.47 Å². The number of imidazole rings is 1. The SMILES string of the molecule is COc1ccc(CC(=O)N2CC3CN(c4ncnc5c4ncn5C)CC3C2)cc1OC. The van der Waals surface area contributed by atoms with Crippen molar-refractivity contribution in [2.45, 2.75) is 6.42 Å². The number of hydrogen-bond acceptors (Lipinski definition) is 7. The second-order valence-electron chi connectivity index (χ2n) is 8.31. The Morgan fingerprint density at radius 2 is 1.77 bits per heavy atom. The maximum Gasteiger partial charge on any atom is 0.227 e. The Morgan fingerprint density at radius 3 is 2.48 bits per heavy atom. The lowest BCUT2D eigenvalue weighted by Crippen LogP contribution is -2.34. The van der Waals surface area contributed by atoms with Crippen LogP contribution in [0, 0.1) is 11.8 Å². The van der Waals surface area contributed by atoms with Gasteiger partial charge in [0.1, 0.15) is 6.33 Å². The monoisotopic (exact) mass is 422 g/mol. The third-order valence-corrected chi connectivity index (χ3v) is 6.42. The minimum absolute atomic E-state index is 0.155. The van der Waals surface area contributed by atoms with Gasteiger partial charge in [0.25, 0.3) is 0 Å². The molecular formula is C22H26N6O3. The molecule has 2 fully saturated rings. The lowest BCUT2D eigenvalue weighted by molar-refractivity contribution is -0.129. The van der Waals surface area contributed by atoms with Gasteiger partial charge in [-0.2, -0.15) is 0 Å². The lowest BCUT2D eigenvalue weighted by Gasteiger charge is -2.22. The second-order valence-corrected chi connectivity index (χ2v) is 8.31. The van der Waals surface area contributed by atoms with Gasteiger partial charge in [0.2, 0.25) is 5.91 Å². The van der Waals surface area contributed by atoms with Crippen LogP contribution in [0.4, 0.5) is 5.82 Å². The topological polar surface area (TPSA) is 85.6 Å². The number of aromatic nitrogens is 4. The first-order valence-corrected chi connectivity index (χ1v) is 10.4. The number of benzene rings is 1. The molecule has 2 aliphatic rings. The molecule has 0 radical (unpaired) electrons. The van der Waals surface area contributed by atoms with Gasteiger partial charge in [0.05, 0.1) is 27.0 Å². The van der Waals surface area contributed by atoms with Gasteiger partial charge in [-0.1, -0.05) is 6.07 Å². The fourth-order valence-electron chi connectivity index (χ4n) is 4.81. The first-order chi connectivity index (χ1) is 15.1. The van der Waals surface area contributed by atoms with Gasteiger partial charge in [-0.05, 0) is 17.7 Å². The standard InChI is InChI=1S/C22H26N6O3/c1-26-13-25-20-21(26)23-12-24-22(20)28-10-15-8-27(9-16(15)11-28)19(29)7-14-4-5-17(30-2)18(6-14)31-3/h4-6,12-13,15-16H,7-11H2,1-3H3. The van der Waals surface area contributed by atoms with Gasteiger partial charge < -0.3 is 23.8 Å².